The molecule has 0 saturated heterocycles. The molecule has 7 nitrogen and oxygen atoms in total. The van der Waals surface area contributed by atoms with Gasteiger partial charge in [0.1, 0.15) is 11.9 Å². The zero-order valence-corrected chi connectivity index (χ0v) is 25.5. The number of hydrogen-bond acceptors (Lipinski definition) is 7. The van der Waals surface area contributed by atoms with Gasteiger partial charge < -0.3 is 24.3 Å². The Kier molecular flexibility index (Phi) is 7.75. The Morgan fingerprint density at radius 3 is 2.63 bits per heavy atom. The summed E-state index contributed by atoms with van der Waals surface area (Å²) in [4.78, 5) is 27.2. The number of carbonyl (C=O) groups is 2. The molecule has 43 heavy (non-hydrogen) atoms. The third kappa shape index (κ3) is 4.83. The van der Waals surface area contributed by atoms with E-state index in [0.29, 0.717) is 24.8 Å². The quantitative estimate of drug-likeness (QED) is 0.379. The van der Waals surface area contributed by atoms with Gasteiger partial charge in [-0.25, -0.2) is 9.18 Å². The molecule has 0 spiro atoms. The maximum atomic E-state index is 15.1. The first-order chi connectivity index (χ1) is 20.4. The molecular weight excluding hydrogens is 550 g/mol. The lowest BCUT2D eigenvalue weighted by Crippen LogP contribution is -2.63. The summed E-state index contributed by atoms with van der Waals surface area (Å²) in [6, 6.07) is 13.1. The smallest absolute Gasteiger partial charge is 0.479 e. The van der Waals surface area contributed by atoms with Crippen LogP contribution in [-0.2, 0) is 32.0 Å². The van der Waals surface area contributed by atoms with Crippen LogP contribution in [-0.4, -0.2) is 47.8 Å². The maximum Gasteiger partial charge on any atom is 0.494 e. The van der Waals surface area contributed by atoms with Crippen molar-refractivity contribution in [2.75, 3.05) is 6.61 Å². The van der Waals surface area contributed by atoms with Gasteiger partial charge in [0.2, 0.25) is 0 Å². The molecule has 0 aromatic heterocycles. The molecule has 1 heterocycles. The van der Waals surface area contributed by atoms with E-state index in [9.17, 15) is 19.7 Å². The summed E-state index contributed by atoms with van der Waals surface area (Å²) in [6.07, 6.45) is 2.52. The monoisotopic (exact) mass is 592 g/mol. The van der Waals surface area contributed by atoms with E-state index in [1.165, 1.54) is 6.07 Å². The van der Waals surface area contributed by atoms with E-state index < -0.39 is 48.5 Å². The molecule has 3 fully saturated rings. The van der Waals surface area contributed by atoms with Crippen LogP contribution in [0, 0.1) is 39.8 Å². The van der Waals surface area contributed by atoms with Crippen LogP contribution in [0.25, 0.3) is 0 Å². The van der Waals surface area contributed by atoms with Gasteiger partial charge in [0.25, 0.3) is 0 Å². The van der Waals surface area contributed by atoms with Gasteiger partial charge in [-0.05, 0) is 66.5 Å². The van der Waals surface area contributed by atoms with Crippen molar-refractivity contribution < 1.29 is 38.2 Å². The van der Waals surface area contributed by atoms with Crippen LogP contribution in [0.15, 0.2) is 42.5 Å². The minimum Gasteiger partial charge on any atom is -0.479 e. The highest BCUT2D eigenvalue weighted by Gasteiger charge is 2.68. The van der Waals surface area contributed by atoms with Gasteiger partial charge in [0, 0.05) is 28.6 Å². The first-order valence-electron chi connectivity index (χ1n) is 15.6. The normalized spacial score (nSPS) is 36.9. The average Bonchev–Trinajstić information content (AvgIpc) is 3.54. The number of Topliss-reactive ketones (excluding diaryl/α,β-unsaturated/α-hetero) is 1. The fraction of sp³-hybridized carbons (Fsp3) is 0.588. The zero-order chi connectivity index (χ0) is 30.7. The van der Waals surface area contributed by atoms with Crippen LogP contribution >= 0.6 is 0 Å². The molecular formula is C34H42BFO7. The van der Waals surface area contributed by atoms with E-state index in [0.717, 1.165) is 24.8 Å². The molecule has 2 aromatic carbocycles. The number of aliphatic hydroxyl groups excluding tert-OH is 1. The zero-order valence-electron chi connectivity index (χ0n) is 25.5. The minimum atomic E-state index is -1.38. The van der Waals surface area contributed by atoms with Crippen LogP contribution in [0.5, 0.6) is 5.75 Å². The fourth-order valence-electron chi connectivity index (χ4n) is 9.29. The Morgan fingerprint density at radius 2 is 1.88 bits per heavy atom. The van der Waals surface area contributed by atoms with E-state index in [-0.39, 0.29) is 46.8 Å². The Morgan fingerprint density at radius 1 is 1.14 bits per heavy atom. The maximum absolute atomic E-state index is 15.1. The van der Waals surface area contributed by atoms with Crippen molar-refractivity contribution in [2.45, 2.75) is 85.0 Å². The number of benzene rings is 2. The molecule has 230 valence electrons. The summed E-state index contributed by atoms with van der Waals surface area (Å²) in [5.41, 5.74) is -0.0176. The lowest BCUT2D eigenvalue weighted by molar-refractivity contribution is -0.212. The fourth-order valence-corrected chi connectivity index (χ4v) is 9.29. The second kappa shape index (κ2) is 11.0. The highest BCUT2D eigenvalue weighted by Crippen LogP contribution is 2.68. The summed E-state index contributed by atoms with van der Waals surface area (Å²) >= 11 is 0. The Bertz CT molecular complexity index is 1400. The lowest BCUT2D eigenvalue weighted by atomic mass is 9.43. The Balaban J connectivity index is 1.33. The summed E-state index contributed by atoms with van der Waals surface area (Å²) in [5, 5.41) is 22.1. The van der Waals surface area contributed by atoms with Crippen LogP contribution in [0.3, 0.4) is 0 Å². The number of esters is 1. The molecule has 4 aliphatic rings. The van der Waals surface area contributed by atoms with Crippen LogP contribution in [0.1, 0.15) is 70.9 Å². The first kappa shape index (κ1) is 30.3. The molecule has 0 unspecified atom stereocenters. The van der Waals surface area contributed by atoms with E-state index in [1.807, 2.05) is 18.2 Å². The number of aliphatic hydroxyl groups is 1. The number of ketones is 1. The van der Waals surface area contributed by atoms with Gasteiger partial charge in [-0.15, -0.1) is 0 Å². The third-order valence-electron chi connectivity index (χ3n) is 11.8. The molecule has 9 heteroatoms. The van der Waals surface area contributed by atoms with Crippen molar-refractivity contribution in [3.8, 4) is 5.75 Å². The summed E-state index contributed by atoms with van der Waals surface area (Å²) < 4.78 is 32.1. The molecule has 8 atom stereocenters. The predicted octanol–water partition coefficient (Wildman–Crippen LogP) is 4.39. The molecule has 2 aromatic rings. The Hall–Kier alpha value is -2.75. The SMILES string of the molecule is C[C@H]1[C@H](O)[C@](C)(Cc2ccccc2)C[C@@H](OC(=O)COc2ccc3c(c2F)B(O)OC3)[C@@]2(C)[C@@H]3C(=O)CC[C@]31CC[C@@H]2C. The summed E-state index contributed by atoms with van der Waals surface area (Å²) in [5.74, 6) is -1.73. The van der Waals surface area contributed by atoms with E-state index in [4.69, 9.17) is 14.1 Å². The van der Waals surface area contributed by atoms with Crippen molar-refractivity contribution >= 4 is 24.3 Å². The van der Waals surface area contributed by atoms with E-state index in [1.54, 1.807) is 6.07 Å². The van der Waals surface area contributed by atoms with Crippen molar-refractivity contribution in [1.29, 1.82) is 0 Å². The van der Waals surface area contributed by atoms with Crippen LogP contribution < -0.4 is 10.2 Å². The van der Waals surface area contributed by atoms with Gasteiger partial charge >= 0.3 is 13.1 Å². The minimum absolute atomic E-state index is 0.0188. The van der Waals surface area contributed by atoms with Gasteiger partial charge in [0.05, 0.1) is 12.7 Å². The number of rotatable bonds is 6. The highest BCUT2D eigenvalue weighted by atomic mass is 19.1. The van der Waals surface area contributed by atoms with Gasteiger partial charge in [-0.1, -0.05) is 64.1 Å². The Labute approximate surface area is 253 Å². The van der Waals surface area contributed by atoms with Crippen molar-refractivity contribution in [2.24, 2.45) is 34.0 Å². The lowest BCUT2D eigenvalue weighted by Gasteiger charge is -2.62. The number of halogens is 1. The van der Waals surface area contributed by atoms with Gasteiger partial charge in [0.15, 0.2) is 18.2 Å². The first-order valence-corrected chi connectivity index (χ1v) is 15.6. The molecule has 3 aliphatic carbocycles. The second-order valence-corrected chi connectivity index (χ2v) is 14.1. The predicted molar refractivity (Wildman–Crippen MR) is 159 cm³/mol. The molecule has 0 radical (unpaired) electrons. The standard InChI is InChI=1S/C34H42BFO7/c1-20-12-14-34-15-13-24(37)30(34)33(20,4)26(17-32(3,31(39)21(34)2)16-22-8-6-5-7-9-22)43-27(38)19-41-25-11-10-23-18-42-35(40)28(23)29(25)36/h5-11,20-21,26,30-31,39-40H,12-19H2,1-4H3/t20-,21-,26+,30-,31-,32+,33-,34-/m0/s1. The largest absolute Gasteiger partial charge is 0.494 e. The molecule has 0 amide bonds. The summed E-state index contributed by atoms with van der Waals surface area (Å²) in [7, 11) is -1.38. The van der Waals surface area contributed by atoms with E-state index >= 15 is 4.39 Å². The topological polar surface area (TPSA) is 102 Å². The third-order valence-corrected chi connectivity index (χ3v) is 11.8. The second-order valence-electron chi connectivity index (χ2n) is 14.1. The molecule has 3 saturated carbocycles. The van der Waals surface area contributed by atoms with Crippen molar-refractivity contribution in [3.63, 3.8) is 0 Å². The number of ether oxygens (including phenoxy) is 2. The average molecular weight is 593 g/mol. The summed E-state index contributed by atoms with van der Waals surface area (Å²) in [6.45, 7) is 8.00. The van der Waals surface area contributed by atoms with Crippen LogP contribution in [0.2, 0.25) is 0 Å². The highest BCUT2D eigenvalue weighted by molar-refractivity contribution is 6.61. The van der Waals surface area contributed by atoms with Crippen molar-refractivity contribution in [1.82, 2.24) is 0 Å². The molecule has 1 aliphatic heterocycles. The van der Waals surface area contributed by atoms with Gasteiger partial charge in [-0.3, -0.25) is 4.79 Å². The van der Waals surface area contributed by atoms with Crippen molar-refractivity contribution in [3.05, 3.63) is 59.4 Å². The number of hydrogen-bond donors (Lipinski definition) is 2. The van der Waals surface area contributed by atoms with E-state index in [2.05, 4.69) is 39.8 Å². The molecule has 2 N–H and O–H groups in total. The van der Waals surface area contributed by atoms with Crippen LogP contribution in [0.4, 0.5) is 4.39 Å². The number of fused-ring (bicyclic) bond motifs is 1. The molecule has 6 rings (SSSR count). The molecule has 2 bridgehead atoms. The number of carbonyl (C=O) groups excluding carboxylic acids is 2. The van der Waals surface area contributed by atoms with Gasteiger partial charge in [-0.2, -0.15) is 0 Å².